The van der Waals surface area contributed by atoms with E-state index >= 15 is 0 Å². The van der Waals surface area contributed by atoms with Crippen LogP contribution >= 0.6 is 0 Å². The van der Waals surface area contributed by atoms with Crippen LogP contribution in [0.25, 0.3) is 0 Å². The van der Waals surface area contributed by atoms with E-state index in [0.29, 0.717) is 6.42 Å². The average Bonchev–Trinajstić information content (AvgIpc) is 3.39. The first-order valence-electron chi connectivity index (χ1n) is 32.1. The maximum atomic E-state index is 13.1. The molecule has 0 radical (unpaired) electrons. The minimum Gasteiger partial charge on any atom is -0.394 e. The number of nitrogens with one attached hydrogen (secondary N) is 1. The fraction of sp³-hybridized carbons (Fsp3) is 0.922. The van der Waals surface area contributed by atoms with Gasteiger partial charge in [0, 0.05) is 6.42 Å². The maximum absolute atomic E-state index is 13.1. The molecule has 7 unspecified atom stereocenters. The summed E-state index contributed by atoms with van der Waals surface area (Å²) in [6.45, 7) is 3.82. The molecule has 0 spiro atoms. The number of ether oxygens (including phenoxy) is 2. The SMILES string of the molecule is CCCCCCCCCC/C=C\CCCCCCCCCCCCCCCCCCCCCCCC(=O)NC(COC1OC(CO)C(O)C(O)C1O)C(O)/C=C/CCCCCCCCCCCCCCCCC. The van der Waals surface area contributed by atoms with Crippen molar-refractivity contribution in [2.24, 2.45) is 0 Å². The monoisotopic (exact) mass is 1030 g/mol. The van der Waals surface area contributed by atoms with Crippen LogP contribution in [0.2, 0.25) is 0 Å². The van der Waals surface area contributed by atoms with Crippen LogP contribution in [0.5, 0.6) is 0 Å². The second kappa shape index (κ2) is 54.0. The Balaban J connectivity index is 2.10. The van der Waals surface area contributed by atoms with Crippen molar-refractivity contribution in [1.82, 2.24) is 5.32 Å². The Bertz CT molecular complexity index is 1200. The van der Waals surface area contributed by atoms with E-state index in [1.54, 1.807) is 6.08 Å². The van der Waals surface area contributed by atoms with Crippen LogP contribution in [-0.4, -0.2) is 87.5 Å². The molecule has 1 saturated heterocycles. The van der Waals surface area contributed by atoms with E-state index in [1.165, 1.54) is 263 Å². The van der Waals surface area contributed by atoms with Crippen LogP contribution in [0.1, 0.15) is 322 Å². The topological polar surface area (TPSA) is 149 Å². The summed E-state index contributed by atoms with van der Waals surface area (Å²) in [6.07, 6.45) is 62.7. The summed E-state index contributed by atoms with van der Waals surface area (Å²) in [4.78, 5) is 13.1. The predicted molar refractivity (Wildman–Crippen MR) is 309 cm³/mol. The Labute approximate surface area is 451 Å². The molecule has 0 saturated carbocycles. The van der Waals surface area contributed by atoms with Crippen molar-refractivity contribution < 1.29 is 39.8 Å². The number of aliphatic hydroxyl groups is 5. The van der Waals surface area contributed by atoms with Gasteiger partial charge in [0.2, 0.25) is 5.91 Å². The van der Waals surface area contributed by atoms with Crippen molar-refractivity contribution in [3.05, 3.63) is 24.3 Å². The van der Waals surface area contributed by atoms with E-state index in [9.17, 15) is 30.3 Å². The summed E-state index contributed by atoms with van der Waals surface area (Å²) < 4.78 is 11.3. The van der Waals surface area contributed by atoms with Gasteiger partial charge in [0.15, 0.2) is 6.29 Å². The zero-order valence-electron chi connectivity index (χ0n) is 48.2. The molecular weight excluding hydrogens is 911 g/mol. The number of hydrogen-bond acceptors (Lipinski definition) is 8. The minimum atomic E-state index is -1.56. The Morgan fingerprint density at radius 3 is 1.11 bits per heavy atom. The lowest BCUT2D eigenvalue weighted by Gasteiger charge is -2.40. The summed E-state index contributed by atoms with van der Waals surface area (Å²) in [5, 5.41) is 54.6. The number of hydrogen-bond donors (Lipinski definition) is 6. The molecule has 1 heterocycles. The molecule has 0 aromatic rings. The number of carbonyl (C=O) groups is 1. The normalized spacial score (nSPS) is 19.1. The third kappa shape index (κ3) is 43.4. The van der Waals surface area contributed by atoms with Crippen LogP contribution in [0, 0.1) is 0 Å². The fourth-order valence-corrected chi connectivity index (χ4v) is 10.4. The molecule has 432 valence electrons. The Morgan fingerprint density at radius 1 is 0.452 bits per heavy atom. The molecule has 1 aliphatic heterocycles. The van der Waals surface area contributed by atoms with Gasteiger partial charge in [-0.2, -0.15) is 0 Å². The third-order valence-corrected chi connectivity index (χ3v) is 15.5. The predicted octanol–water partition coefficient (Wildman–Crippen LogP) is 16.5. The number of allylic oxidation sites excluding steroid dienone is 3. The maximum Gasteiger partial charge on any atom is 0.220 e. The number of carbonyl (C=O) groups excluding carboxylic acids is 1. The molecule has 0 bridgehead atoms. The van der Waals surface area contributed by atoms with Crippen molar-refractivity contribution in [2.75, 3.05) is 13.2 Å². The number of aliphatic hydroxyl groups excluding tert-OH is 5. The van der Waals surface area contributed by atoms with E-state index in [0.717, 1.165) is 38.5 Å². The fourth-order valence-electron chi connectivity index (χ4n) is 10.4. The summed E-state index contributed by atoms with van der Waals surface area (Å²) in [5.74, 6) is -0.170. The molecule has 9 heteroatoms. The molecule has 9 nitrogen and oxygen atoms in total. The third-order valence-electron chi connectivity index (χ3n) is 15.5. The quantitative estimate of drug-likeness (QED) is 0.0261. The summed E-state index contributed by atoms with van der Waals surface area (Å²) in [7, 11) is 0. The molecule has 1 amide bonds. The number of amides is 1. The standard InChI is InChI=1S/C64H123NO8/c1-3-5-7-9-11-13-15-17-19-21-22-23-24-25-26-27-28-29-30-31-32-33-34-35-36-38-40-42-44-46-48-50-52-54-60(68)65-57(56-72-64-63(71)62(70)61(69)59(55-66)73-64)58(67)53-51-49-47-45-43-41-39-37-20-18-16-14-12-10-8-6-4-2/h21-22,51,53,57-59,61-64,66-67,69-71H,3-20,23-50,52,54-56H2,1-2H3,(H,65,68)/b22-21-,53-51+. The van der Waals surface area contributed by atoms with Gasteiger partial charge in [0.25, 0.3) is 0 Å². The number of rotatable bonds is 56. The average molecular weight is 1030 g/mol. The number of unbranched alkanes of at least 4 members (excludes halogenated alkanes) is 44. The van der Waals surface area contributed by atoms with Gasteiger partial charge in [-0.1, -0.05) is 295 Å². The van der Waals surface area contributed by atoms with Gasteiger partial charge in [0.1, 0.15) is 24.4 Å². The Morgan fingerprint density at radius 2 is 0.767 bits per heavy atom. The highest BCUT2D eigenvalue weighted by Crippen LogP contribution is 2.23. The van der Waals surface area contributed by atoms with Crippen LogP contribution in [0.3, 0.4) is 0 Å². The van der Waals surface area contributed by atoms with Crippen LogP contribution in [0.15, 0.2) is 24.3 Å². The van der Waals surface area contributed by atoms with Gasteiger partial charge < -0.3 is 40.3 Å². The lowest BCUT2D eigenvalue weighted by atomic mass is 9.99. The molecule has 7 atom stereocenters. The molecule has 73 heavy (non-hydrogen) atoms. The van der Waals surface area contributed by atoms with Crippen molar-refractivity contribution in [2.45, 2.75) is 365 Å². The summed E-state index contributed by atoms with van der Waals surface area (Å²) >= 11 is 0. The van der Waals surface area contributed by atoms with Crippen LogP contribution in [-0.2, 0) is 14.3 Å². The van der Waals surface area contributed by atoms with Gasteiger partial charge in [-0.05, 0) is 44.9 Å². The summed E-state index contributed by atoms with van der Waals surface area (Å²) in [5.41, 5.74) is 0. The molecule has 0 aromatic heterocycles. The second-order valence-corrected chi connectivity index (χ2v) is 22.6. The van der Waals surface area contributed by atoms with E-state index in [-0.39, 0.29) is 12.5 Å². The minimum absolute atomic E-state index is 0.170. The van der Waals surface area contributed by atoms with E-state index in [2.05, 4.69) is 31.3 Å². The van der Waals surface area contributed by atoms with Crippen LogP contribution in [0.4, 0.5) is 0 Å². The highest BCUT2D eigenvalue weighted by atomic mass is 16.7. The van der Waals surface area contributed by atoms with Crippen LogP contribution < -0.4 is 5.32 Å². The molecule has 1 rings (SSSR count). The van der Waals surface area contributed by atoms with Gasteiger partial charge in [0.05, 0.1) is 25.4 Å². The highest BCUT2D eigenvalue weighted by Gasteiger charge is 2.44. The second-order valence-electron chi connectivity index (χ2n) is 22.6. The van der Waals surface area contributed by atoms with E-state index in [1.807, 2.05) is 6.08 Å². The zero-order valence-corrected chi connectivity index (χ0v) is 48.2. The van der Waals surface area contributed by atoms with Gasteiger partial charge in [-0.3, -0.25) is 4.79 Å². The summed E-state index contributed by atoms with van der Waals surface area (Å²) in [6, 6.07) is -0.802. The molecule has 0 aliphatic carbocycles. The largest absolute Gasteiger partial charge is 0.394 e. The lowest BCUT2D eigenvalue weighted by Crippen LogP contribution is -2.60. The first-order valence-corrected chi connectivity index (χ1v) is 32.1. The zero-order chi connectivity index (χ0) is 52.9. The van der Waals surface area contributed by atoms with Crippen molar-refractivity contribution in [1.29, 1.82) is 0 Å². The van der Waals surface area contributed by atoms with Gasteiger partial charge in [-0.15, -0.1) is 0 Å². The van der Waals surface area contributed by atoms with Crippen molar-refractivity contribution in [3.63, 3.8) is 0 Å². The first kappa shape index (κ1) is 69.7. The Kier molecular flexibility index (Phi) is 51.6. The van der Waals surface area contributed by atoms with Crippen molar-refractivity contribution >= 4 is 5.91 Å². The van der Waals surface area contributed by atoms with E-state index in [4.69, 9.17) is 9.47 Å². The first-order chi connectivity index (χ1) is 35.8. The Hall–Kier alpha value is -1.33. The molecule has 6 N–H and O–H groups in total. The molecule has 0 aromatic carbocycles. The van der Waals surface area contributed by atoms with E-state index < -0.39 is 49.5 Å². The molecule has 1 aliphatic rings. The molecular formula is C64H123NO8. The van der Waals surface area contributed by atoms with Gasteiger partial charge >= 0.3 is 0 Å². The lowest BCUT2D eigenvalue weighted by molar-refractivity contribution is -0.302. The van der Waals surface area contributed by atoms with Gasteiger partial charge in [-0.25, -0.2) is 0 Å². The smallest absolute Gasteiger partial charge is 0.220 e. The van der Waals surface area contributed by atoms with Crippen molar-refractivity contribution in [3.8, 4) is 0 Å². The molecule has 1 fully saturated rings. The highest BCUT2D eigenvalue weighted by molar-refractivity contribution is 5.76.